The summed E-state index contributed by atoms with van der Waals surface area (Å²) in [6.07, 6.45) is 0. The van der Waals surface area contributed by atoms with Crippen LogP contribution < -0.4 is 17.6 Å². The molecule has 0 nitrogen and oxygen atoms in total. The second-order valence-corrected chi connectivity index (χ2v) is 11.6. The van der Waals surface area contributed by atoms with Gasteiger partial charge in [-0.05, 0) is 0 Å². The molecule has 0 saturated heterocycles. The van der Waals surface area contributed by atoms with Crippen LogP contribution in [0.2, 0.25) is 0 Å². The number of benzene rings is 4. The van der Waals surface area contributed by atoms with E-state index >= 15 is 0 Å². The average Bonchev–Trinajstić information content (AvgIpc) is 2.72. The molecule has 28 heavy (non-hydrogen) atoms. The van der Waals surface area contributed by atoms with Gasteiger partial charge in [0.1, 0.15) is 0 Å². The third-order valence-corrected chi connectivity index (χ3v) is 8.89. The number of hydrogen-bond acceptors (Lipinski definition) is 0. The Bertz CT molecular complexity index is 719. The molecule has 4 rings (SSSR count). The molecule has 6 radical (unpaired) electrons. The van der Waals surface area contributed by atoms with Gasteiger partial charge in [0.15, 0.2) is 0 Å². The van der Waals surface area contributed by atoms with E-state index in [9.17, 15) is 0 Å². The molecule has 4 aromatic rings. The van der Waals surface area contributed by atoms with Gasteiger partial charge in [-0.1, -0.05) is 0 Å². The summed E-state index contributed by atoms with van der Waals surface area (Å²) < 4.78 is 5.98. The molecule has 0 fully saturated rings. The fourth-order valence-corrected chi connectivity index (χ4v) is 6.83. The van der Waals surface area contributed by atoms with Gasteiger partial charge in [-0.25, -0.2) is 0 Å². The minimum atomic E-state index is -0.108. The normalized spacial score (nSPS) is 9.14. The van der Waals surface area contributed by atoms with Crippen molar-refractivity contribution in [2.45, 2.75) is 0 Å². The predicted molar refractivity (Wildman–Crippen MR) is 127 cm³/mol. The molecular formula is C24H20Ge2Li2. The molecule has 0 bridgehead atoms. The van der Waals surface area contributed by atoms with E-state index in [1.54, 1.807) is 0 Å². The molecule has 0 N–H and O–H groups in total. The molecule has 4 aromatic carbocycles. The average molecular weight is 468 g/mol. The van der Waals surface area contributed by atoms with E-state index < -0.39 is 0 Å². The monoisotopic (exact) mass is 470 g/mol. The number of hydrogen-bond donors (Lipinski definition) is 0. The van der Waals surface area contributed by atoms with Crippen molar-refractivity contribution in [3.05, 3.63) is 121 Å². The molecule has 0 heterocycles. The van der Waals surface area contributed by atoms with Gasteiger partial charge in [0.05, 0.1) is 0 Å². The zero-order chi connectivity index (χ0) is 17.9. The van der Waals surface area contributed by atoms with Crippen molar-refractivity contribution in [1.82, 2.24) is 0 Å². The van der Waals surface area contributed by atoms with Crippen molar-refractivity contribution in [3.8, 4) is 0 Å². The van der Waals surface area contributed by atoms with Crippen LogP contribution in [0.15, 0.2) is 121 Å². The third-order valence-electron chi connectivity index (χ3n) is 3.67. The van der Waals surface area contributed by atoms with E-state index in [1.807, 2.05) is 0 Å². The maximum absolute atomic E-state index is 2.22. The van der Waals surface area contributed by atoms with Crippen molar-refractivity contribution in [1.29, 1.82) is 0 Å². The van der Waals surface area contributed by atoms with Crippen molar-refractivity contribution < 1.29 is 0 Å². The quantitative estimate of drug-likeness (QED) is 0.403. The first-order chi connectivity index (χ1) is 12.9. The third kappa shape index (κ3) is 9.58. The zero-order valence-corrected chi connectivity index (χ0v) is 20.7. The summed E-state index contributed by atoms with van der Waals surface area (Å²) in [5.41, 5.74) is 0. The molecule has 0 amide bonds. The zero-order valence-electron chi connectivity index (χ0n) is 16.5. The van der Waals surface area contributed by atoms with E-state index in [-0.39, 0.29) is 68.6 Å². The van der Waals surface area contributed by atoms with E-state index in [1.165, 1.54) is 17.6 Å². The Kier molecular flexibility index (Phi) is 13.6. The van der Waals surface area contributed by atoms with Crippen molar-refractivity contribution in [3.63, 3.8) is 0 Å². The summed E-state index contributed by atoms with van der Waals surface area (Å²) >= 11 is -0.216. The van der Waals surface area contributed by atoms with E-state index in [0.717, 1.165) is 0 Å². The second kappa shape index (κ2) is 15.1. The Hall–Kier alpha value is -0.839. The van der Waals surface area contributed by atoms with Gasteiger partial charge in [-0.3, -0.25) is 0 Å². The van der Waals surface area contributed by atoms with E-state index in [2.05, 4.69) is 121 Å². The van der Waals surface area contributed by atoms with Gasteiger partial charge >= 0.3 is 170 Å². The fraction of sp³-hybridized carbons (Fsp3) is 0. The fourth-order valence-electron chi connectivity index (χ4n) is 2.42. The van der Waals surface area contributed by atoms with Crippen LogP contribution >= 0.6 is 0 Å². The van der Waals surface area contributed by atoms with Gasteiger partial charge in [-0.15, -0.1) is 0 Å². The van der Waals surface area contributed by atoms with Crippen molar-refractivity contribution in [2.75, 3.05) is 0 Å². The summed E-state index contributed by atoms with van der Waals surface area (Å²) in [4.78, 5) is 0. The van der Waals surface area contributed by atoms with Gasteiger partial charge in [0.25, 0.3) is 0 Å². The first-order valence-electron chi connectivity index (χ1n) is 8.64. The number of rotatable bonds is 4. The maximum atomic E-state index is 2.22. The van der Waals surface area contributed by atoms with Gasteiger partial charge in [-0.2, -0.15) is 0 Å². The summed E-state index contributed by atoms with van der Waals surface area (Å²) in [5.74, 6) is 0. The Morgan fingerprint density at radius 3 is 0.643 bits per heavy atom. The first kappa shape index (κ1) is 25.2. The van der Waals surface area contributed by atoms with E-state index in [4.69, 9.17) is 0 Å². The van der Waals surface area contributed by atoms with Crippen LogP contribution in [0.4, 0.5) is 0 Å². The molecular weight excluding hydrogens is 447 g/mol. The van der Waals surface area contributed by atoms with Gasteiger partial charge < -0.3 is 0 Å². The molecule has 0 aliphatic rings. The molecule has 0 aliphatic carbocycles. The Morgan fingerprint density at radius 1 is 0.286 bits per heavy atom. The second-order valence-electron chi connectivity index (χ2n) is 5.71. The summed E-state index contributed by atoms with van der Waals surface area (Å²) in [7, 11) is 0. The molecule has 0 spiro atoms. The molecule has 0 atom stereocenters. The van der Waals surface area contributed by atoms with Crippen LogP contribution in [0.1, 0.15) is 0 Å². The molecule has 126 valence electrons. The van der Waals surface area contributed by atoms with Crippen LogP contribution in [0.3, 0.4) is 0 Å². The molecule has 0 saturated carbocycles. The Labute approximate surface area is 205 Å². The SMILES string of the molecule is [Li].[Li].c1cc[c]([Ge][c]2ccccc2)cc1.c1cc[c]([Ge][c]2ccccc2)cc1. The van der Waals surface area contributed by atoms with Crippen LogP contribution in [-0.2, 0) is 0 Å². The minimum absolute atomic E-state index is 0. The van der Waals surface area contributed by atoms with Crippen LogP contribution in [0.25, 0.3) is 0 Å². The Morgan fingerprint density at radius 2 is 0.464 bits per heavy atom. The summed E-state index contributed by atoms with van der Waals surface area (Å²) in [5, 5.41) is 0. The topological polar surface area (TPSA) is 0 Å². The van der Waals surface area contributed by atoms with Gasteiger partial charge in [0, 0.05) is 37.7 Å². The van der Waals surface area contributed by atoms with Gasteiger partial charge in [0.2, 0.25) is 0 Å². The summed E-state index contributed by atoms with van der Waals surface area (Å²) in [6.45, 7) is 0. The molecule has 0 aliphatic heterocycles. The predicted octanol–water partition coefficient (Wildman–Crippen LogP) is 1.92. The van der Waals surface area contributed by atoms with E-state index in [0.29, 0.717) is 0 Å². The standard InChI is InChI=1S/2C12H10Ge.2Li/c2*1-3-7-11(8-4-1)13-12-9-5-2-6-10-12;;/h2*1-10H;;. The van der Waals surface area contributed by atoms with Crippen LogP contribution in [-0.4, -0.2) is 68.6 Å². The summed E-state index contributed by atoms with van der Waals surface area (Å²) in [6, 6.07) is 42.9. The Balaban J connectivity index is 0.000000261. The molecule has 4 heteroatoms. The first-order valence-corrected chi connectivity index (χ1v) is 12.8. The molecule has 0 unspecified atom stereocenters. The van der Waals surface area contributed by atoms with Crippen LogP contribution in [0.5, 0.6) is 0 Å². The van der Waals surface area contributed by atoms with Crippen molar-refractivity contribution in [2.24, 2.45) is 0 Å². The molecule has 0 aromatic heterocycles. The van der Waals surface area contributed by atoms with Crippen LogP contribution in [0, 0.1) is 0 Å². The van der Waals surface area contributed by atoms with Crippen molar-refractivity contribution >= 4 is 86.2 Å².